The van der Waals surface area contributed by atoms with Gasteiger partial charge < -0.3 is 13.9 Å². The first kappa shape index (κ1) is 22.8. The number of carbonyl (C=O) groups is 1. The molecule has 34 heavy (non-hydrogen) atoms. The number of ether oxygens (including phenoxy) is 2. The van der Waals surface area contributed by atoms with Gasteiger partial charge in [-0.2, -0.15) is 8.78 Å². The number of rotatable bonds is 8. The van der Waals surface area contributed by atoms with Crippen LogP contribution < -0.4 is 14.8 Å². The molecular weight excluding hydrogens is 458 g/mol. The predicted molar refractivity (Wildman–Crippen MR) is 111 cm³/mol. The molecule has 2 aromatic heterocycles. The number of hydrogen-bond acceptors (Lipinski definition) is 6. The number of furan rings is 1. The summed E-state index contributed by atoms with van der Waals surface area (Å²) in [6.45, 7) is -3.11. The zero-order chi connectivity index (χ0) is 24.1. The Morgan fingerprint density at radius 2 is 1.82 bits per heavy atom. The highest BCUT2D eigenvalue weighted by Crippen LogP contribution is 2.23. The van der Waals surface area contributed by atoms with Crippen LogP contribution in [0.2, 0.25) is 0 Å². The Labute approximate surface area is 190 Å². The van der Waals surface area contributed by atoms with Crippen molar-refractivity contribution in [1.82, 2.24) is 9.97 Å². The number of nitrogens with zero attached hydrogens (tertiary/aromatic N) is 2. The molecule has 0 saturated carbocycles. The highest BCUT2D eigenvalue weighted by atomic mass is 19.3. The van der Waals surface area contributed by atoms with E-state index in [4.69, 9.17) is 9.15 Å². The molecule has 0 atom stereocenters. The van der Waals surface area contributed by atoms with Crippen LogP contribution in [0.3, 0.4) is 0 Å². The fourth-order valence-electron chi connectivity index (χ4n) is 2.87. The summed E-state index contributed by atoms with van der Waals surface area (Å²) in [5, 5.41) is 2.49. The van der Waals surface area contributed by atoms with E-state index in [9.17, 15) is 22.4 Å². The fraction of sp³-hybridized carbons (Fsp3) is 0.0870. The average molecular weight is 473 g/mol. The molecule has 0 fully saturated rings. The number of alkyl halides is 2. The van der Waals surface area contributed by atoms with Gasteiger partial charge in [-0.15, -0.1) is 0 Å². The normalized spacial score (nSPS) is 10.9. The number of benzene rings is 2. The van der Waals surface area contributed by atoms with Crippen LogP contribution in [0.4, 0.5) is 23.5 Å². The zero-order valence-electron chi connectivity index (χ0n) is 17.2. The summed E-state index contributed by atoms with van der Waals surface area (Å²) in [6.07, 6.45) is 1.42. The van der Waals surface area contributed by atoms with Crippen molar-refractivity contribution in [2.45, 2.75) is 13.2 Å². The minimum Gasteiger partial charge on any atom is -0.483 e. The molecule has 0 radical (unpaired) electrons. The molecule has 0 bridgehead atoms. The van der Waals surface area contributed by atoms with Gasteiger partial charge in [-0.1, -0.05) is 0 Å². The summed E-state index contributed by atoms with van der Waals surface area (Å²) in [6, 6.07) is 13.1. The van der Waals surface area contributed by atoms with Gasteiger partial charge in [0.05, 0.1) is 5.69 Å². The van der Waals surface area contributed by atoms with Crippen LogP contribution in [-0.4, -0.2) is 22.5 Å². The Morgan fingerprint density at radius 3 is 2.56 bits per heavy atom. The predicted octanol–water partition coefficient (Wildman–Crippen LogP) is 5.45. The third kappa shape index (κ3) is 5.68. The van der Waals surface area contributed by atoms with Crippen molar-refractivity contribution in [3.8, 4) is 22.8 Å². The van der Waals surface area contributed by atoms with Crippen molar-refractivity contribution < 1.29 is 36.2 Å². The lowest BCUT2D eigenvalue weighted by atomic mass is 10.1. The van der Waals surface area contributed by atoms with Crippen LogP contribution in [0.15, 0.2) is 71.3 Å². The van der Waals surface area contributed by atoms with E-state index in [1.807, 2.05) is 0 Å². The van der Waals surface area contributed by atoms with Crippen LogP contribution >= 0.6 is 0 Å². The van der Waals surface area contributed by atoms with Crippen molar-refractivity contribution in [3.63, 3.8) is 0 Å². The molecule has 0 unspecified atom stereocenters. The lowest BCUT2D eigenvalue weighted by Gasteiger charge is -2.07. The summed E-state index contributed by atoms with van der Waals surface area (Å²) < 4.78 is 66.1. The van der Waals surface area contributed by atoms with Gasteiger partial charge in [0.25, 0.3) is 5.91 Å². The second kappa shape index (κ2) is 10.0. The topological polar surface area (TPSA) is 86.5 Å². The van der Waals surface area contributed by atoms with Gasteiger partial charge in [-0.25, -0.2) is 18.7 Å². The second-order valence-electron chi connectivity index (χ2n) is 6.75. The highest BCUT2D eigenvalue weighted by molar-refractivity contribution is 6.01. The largest absolute Gasteiger partial charge is 0.483 e. The summed E-state index contributed by atoms with van der Waals surface area (Å²) in [5.74, 6) is -2.25. The van der Waals surface area contributed by atoms with Gasteiger partial charge in [0.1, 0.15) is 23.9 Å². The molecule has 2 heterocycles. The van der Waals surface area contributed by atoms with E-state index in [0.29, 0.717) is 17.3 Å². The first-order valence-corrected chi connectivity index (χ1v) is 9.73. The molecule has 174 valence electrons. The number of nitrogens with one attached hydrogen (secondary N) is 1. The Kier molecular flexibility index (Phi) is 6.72. The van der Waals surface area contributed by atoms with Crippen LogP contribution in [0.25, 0.3) is 11.3 Å². The third-order valence-corrected chi connectivity index (χ3v) is 4.41. The van der Waals surface area contributed by atoms with E-state index in [2.05, 4.69) is 20.0 Å². The van der Waals surface area contributed by atoms with Crippen LogP contribution in [0.5, 0.6) is 11.5 Å². The van der Waals surface area contributed by atoms with E-state index in [-0.39, 0.29) is 35.6 Å². The quantitative estimate of drug-likeness (QED) is 0.343. The van der Waals surface area contributed by atoms with E-state index in [0.717, 1.165) is 12.1 Å². The monoisotopic (exact) mass is 473 g/mol. The van der Waals surface area contributed by atoms with E-state index < -0.39 is 24.2 Å². The minimum atomic E-state index is -2.93. The molecule has 11 heteroatoms. The summed E-state index contributed by atoms with van der Waals surface area (Å²) in [5.41, 5.74) is 1.02. The molecule has 0 spiro atoms. The lowest BCUT2D eigenvalue weighted by molar-refractivity contribution is -0.0498. The van der Waals surface area contributed by atoms with Gasteiger partial charge in [0.15, 0.2) is 17.3 Å². The first-order chi connectivity index (χ1) is 16.4. The van der Waals surface area contributed by atoms with Crippen LogP contribution in [0.1, 0.15) is 16.3 Å². The zero-order valence-corrected chi connectivity index (χ0v) is 17.2. The molecule has 1 N–H and O–H groups in total. The Balaban J connectivity index is 1.39. The van der Waals surface area contributed by atoms with E-state index in [1.165, 1.54) is 42.6 Å². The molecule has 4 rings (SSSR count). The number of aromatic nitrogens is 2. The van der Waals surface area contributed by atoms with E-state index in [1.54, 1.807) is 6.07 Å². The Morgan fingerprint density at radius 1 is 1.03 bits per heavy atom. The van der Waals surface area contributed by atoms with Crippen LogP contribution in [0, 0.1) is 11.6 Å². The van der Waals surface area contributed by atoms with Crippen LogP contribution in [-0.2, 0) is 6.61 Å². The SMILES string of the molecule is O=C(Nc1nccc(-c2ccc(OC(F)F)cc2)n1)c1ccc(COc2ccc(F)cc2F)o1. The molecule has 2 aromatic carbocycles. The maximum absolute atomic E-state index is 13.6. The summed E-state index contributed by atoms with van der Waals surface area (Å²) >= 11 is 0. The first-order valence-electron chi connectivity index (χ1n) is 9.73. The molecule has 4 aromatic rings. The van der Waals surface area contributed by atoms with Crippen molar-refractivity contribution in [3.05, 3.63) is 90.0 Å². The number of halogens is 4. The van der Waals surface area contributed by atoms with E-state index >= 15 is 0 Å². The number of hydrogen-bond donors (Lipinski definition) is 1. The van der Waals surface area contributed by atoms with Crippen molar-refractivity contribution in [1.29, 1.82) is 0 Å². The van der Waals surface area contributed by atoms with Gasteiger partial charge in [-0.05, 0) is 54.6 Å². The average Bonchev–Trinajstić information content (AvgIpc) is 3.28. The third-order valence-electron chi connectivity index (χ3n) is 4.41. The number of carbonyl (C=O) groups excluding carboxylic acids is 1. The molecular formula is C23H15F4N3O4. The number of amides is 1. The lowest BCUT2D eigenvalue weighted by Crippen LogP contribution is -2.13. The minimum absolute atomic E-state index is 0.00102. The Hall–Kier alpha value is -4.41. The van der Waals surface area contributed by atoms with Crippen molar-refractivity contribution in [2.75, 3.05) is 5.32 Å². The Bertz CT molecular complexity index is 1300. The van der Waals surface area contributed by atoms with Gasteiger partial charge in [-0.3, -0.25) is 10.1 Å². The van der Waals surface area contributed by atoms with Gasteiger partial charge in [0, 0.05) is 17.8 Å². The van der Waals surface area contributed by atoms with Crippen molar-refractivity contribution in [2.24, 2.45) is 0 Å². The molecule has 0 saturated heterocycles. The highest BCUT2D eigenvalue weighted by Gasteiger charge is 2.15. The second-order valence-corrected chi connectivity index (χ2v) is 6.75. The smallest absolute Gasteiger partial charge is 0.387 e. The molecule has 1 amide bonds. The molecule has 7 nitrogen and oxygen atoms in total. The maximum atomic E-state index is 13.6. The molecule has 0 aliphatic rings. The molecule has 0 aliphatic heterocycles. The van der Waals surface area contributed by atoms with Gasteiger partial charge in [0.2, 0.25) is 5.95 Å². The summed E-state index contributed by atoms with van der Waals surface area (Å²) in [7, 11) is 0. The number of anilines is 1. The molecule has 0 aliphatic carbocycles. The van der Waals surface area contributed by atoms with Gasteiger partial charge >= 0.3 is 6.61 Å². The standard InChI is InChI=1S/C23H15F4N3O4/c24-14-3-7-19(17(25)11-14)32-12-16-6-8-20(33-16)21(31)30-23-28-10-9-18(29-23)13-1-4-15(5-2-13)34-22(26)27/h1-11,22H,12H2,(H,28,29,30,31). The summed E-state index contributed by atoms with van der Waals surface area (Å²) in [4.78, 5) is 20.7. The fourth-order valence-corrected chi connectivity index (χ4v) is 2.87. The maximum Gasteiger partial charge on any atom is 0.387 e. The van der Waals surface area contributed by atoms with Crippen molar-refractivity contribution >= 4 is 11.9 Å².